The lowest BCUT2D eigenvalue weighted by Gasteiger charge is -2.15. The molecule has 0 radical (unpaired) electrons. The van der Waals surface area contributed by atoms with E-state index in [-0.39, 0.29) is 0 Å². The largest absolute Gasteiger partial charge is 0.373 e. The molecule has 0 unspecified atom stereocenters. The van der Waals surface area contributed by atoms with Gasteiger partial charge >= 0.3 is 0 Å². The van der Waals surface area contributed by atoms with Crippen molar-refractivity contribution in [1.82, 2.24) is 19.5 Å². The first kappa shape index (κ1) is 12.5. The summed E-state index contributed by atoms with van der Waals surface area (Å²) in [6, 6.07) is 0. The smallest absolute Gasteiger partial charge is 0.146 e. The van der Waals surface area contributed by atoms with Crippen LogP contribution in [0.4, 0.5) is 5.82 Å². The minimum absolute atomic E-state index is 0.292. The summed E-state index contributed by atoms with van der Waals surface area (Å²) < 4.78 is 1.99. The van der Waals surface area contributed by atoms with E-state index in [0.29, 0.717) is 5.92 Å². The van der Waals surface area contributed by atoms with Gasteiger partial charge in [-0.3, -0.25) is 4.57 Å². The summed E-state index contributed by atoms with van der Waals surface area (Å²) in [6.45, 7) is 8.17. The van der Waals surface area contributed by atoms with E-state index in [4.69, 9.17) is 0 Å². The summed E-state index contributed by atoms with van der Waals surface area (Å²) >= 11 is 0. The molecule has 5 nitrogen and oxygen atoms in total. The number of rotatable bonds is 3. The highest BCUT2D eigenvalue weighted by Crippen LogP contribution is 2.22. The Balaban J connectivity index is 2.66. The first-order valence-corrected chi connectivity index (χ1v) is 6.11. The highest BCUT2D eigenvalue weighted by atomic mass is 15.2. The van der Waals surface area contributed by atoms with E-state index in [0.717, 1.165) is 28.8 Å². The fourth-order valence-electron chi connectivity index (χ4n) is 1.86. The Kier molecular flexibility index (Phi) is 3.32. The molecule has 0 amide bonds. The van der Waals surface area contributed by atoms with E-state index >= 15 is 0 Å². The maximum atomic E-state index is 4.66. The van der Waals surface area contributed by atoms with Crippen molar-refractivity contribution >= 4 is 5.82 Å². The zero-order valence-electron chi connectivity index (χ0n) is 11.5. The molecule has 0 spiro atoms. The lowest BCUT2D eigenvalue weighted by Crippen LogP contribution is -2.10. The number of hydrogen-bond acceptors (Lipinski definition) is 4. The van der Waals surface area contributed by atoms with E-state index in [1.54, 1.807) is 6.20 Å². The molecule has 0 saturated heterocycles. The minimum atomic E-state index is 0.292. The zero-order chi connectivity index (χ0) is 13.3. The van der Waals surface area contributed by atoms with Crippen molar-refractivity contribution in [2.75, 3.05) is 12.4 Å². The van der Waals surface area contributed by atoms with Crippen LogP contribution in [0.1, 0.15) is 37.0 Å². The van der Waals surface area contributed by atoms with Crippen LogP contribution in [0.15, 0.2) is 12.4 Å². The third kappa shape index (κ3) is 2.08. The van der Waals surface area contributed by atoms with Crippen LogP contribution in [0.3, 0.4) is 0 Å². The van der Waals surface area contributed by atoms with Crippen molar-refractivity contribution in [3.63, 3.8) is 0 Å². The average molecular weight is 245 g/mol. The van der Waals surface area contributed by atoms with E-state index in [1.807, 2.05) is 31.7 Å². The maximum absolute atomic E-state index is 4.66. The lowest BCUT2D eigenvalue weighted by molar-refractivity contribution is 0.756. The Morgan fingerprint density at radius 1 is 1.22 bits per heavy atom. The monoisotopic (exact) mass is 245 g/mol. The van der Waals surface area contributed by atoms with E-state index in [1.165, 1.54) is 0 Å². The SMILES string of the molecule is CNc1nc(C(C)C)nc(-n2ccnc2C)c1C. The summed E-state index contributed by atoms with van der Waals surface area (Å²) in [5.74, 6) is 3.83. The molecule has 0 aliphatic carbocycles. The molecule has 2 rings (SSSR count). The number of aryl methyl sites for hydroxylation is 1. The van der Waals surface area contributed by atoms with Crippen LogP contribution in [0.5, 0.6) is 0 Å². The van der Waals surface area contributed by atoms with Crippen LogP contribution in [0, 0.1) is 13.8 Å². The quantitative estimate of drug-likeness (QED) is 0.902. The molecule has 0 aliphatic rings. The van der Waals surface area contributed by atoms with Gasteiger partial charge in [-0.25, -0.2) is 15.0 Å². The zero-order valence-corrected chi connectivity index (χ0v) is 11.5. The molecule has 2 aromatic rings. The highest BCUT2D eigenvalue weighted by molar-refractivity contribution is 5.51. The third-order valence-electron chi connectivity index (χ3n) is 2.94. The standard InChI is InChI=1S/C13H19N5/c1-8(2)11-16-12(14-5)9(3)13(17-11)18-7-6-15-10(18)4/h6-8H,1-5H3,(H,14,16,17). The van der Waals surface area contributed by atoms with Gasteiger partial charge in [0.1, 0.15) is 23.3 Å². The molecule has 0 aliphatic heterocycles. The van der Waals surface area contributed by atoms with Gasteiger partial charge in [-0.1, -0.05) is 13.8 Å². The summed E-state index contributed by atoms with van der Waals surface area (Å²) in [7, 11) is 1.88. The fraction of sp³-hybridized carbons (Fsp3) is 0.462. The first-order valence-electron chi connectivity index (χ1n) is 6.11. The van der Waals surface area contributed by atoms with E-state index in [2.05, 4.69) is 34.1 Å². The molecule has 5 heteroatoms. The van der Waals surface area contributed by atoms with Gasteiger partial charge in [-0.15, -0.1) is 0 Å². The van der Waals surface area contributed by atoms with Crippen LogP contribution in [0.25, 0.3) is 5.82 Å². The number of aromatic nitrogens is 4. The Bertz CT molecular complexity index is 557. The Morgan fingerprint density at radius 3 is 2.44 bits per heavy atom. The highest BCUT2D eigenvalue weighted by Gasteiger charge is 2.14. The van der Waals surface area contributed by atoms with Crippen LogP contribution >= 0.6 is 0 Å². The molecular weight excluding hydrogens is 226 g/mol. The van der Waals surface area contributed by atoms with Gasteiger partial charge in [0.15, 0.2) is 0 Å². The lowest BCUT2D eigenvalue weighted by atomic mass is 10.2. The first-order chi connectivity index (χ1) is 8.54. The molecule has 0 aromatic carbocycles. The third-order valence-corrected chi connectivity index (χ3v) is 2.94. The van der Waals surface area contributed by atoms with Crippen LogP contribution < -0.4 is 5.32 Å². The predicted octanol–water partition coefficient (Wildman–Crippen LogP) is 2.44. The van der Waals surface area contributed by atoms with Gasteiger partial charge in [-0.05, 0) is 13.8 Å². The normalized spacial score (nSPS) is 11.0. The Hall–Kier alpha value is -1.91. The maximum Gasteiger partial charge on any atom is 0.146 e. The van der Waals surface area contributed by atoms with Crippen molar-refractivity contribution < 1.29 is 0 Å². The van der Waals surface area contributed by atoms with Gasteiger partial charge in [0, 0.05) is 30.9 Å². The second-order valence-electron chi connectivity index (χ2n) is 4.63. The average Bonchev–Trinajstić information content (AvgIpc) is 2.75. The molecule has 1 N–H and O–H groups in total. The van der Waals surface area contributed by atoms with Crippen molar-refractivity contribution in [3.05, 3.63) is 29.6 Å². The molecule has 0 bridgehead atoms. The predicted molar refractivity (Wildman–Crippen MR) is 72.3 cm³/mol. The minimum Gasteiger partial charge on any atom is -0.373 e. The topological polar surface area (TPSA) is 55.6 Å². The second kappa shape index (κ2) is 4.76. The van der Waals surface area contributed by atoms with Gasteiger partial charge in [-0.2, -0.15) is 0 Å². The van der Waals surface area contributed by atoms with Crippen molar-refractivity contribution in [2.45, 2.75) is 33.6 Å². The summed E-state index contributed by atoms with van der Waals surface area (Å²) in [4.78, 5) is 13.4. The van der Waals surface area contributed by atoms with Crippen molar-refractivity contribution in [1.29, 1.82) is 0 Å². The molecule has 2 aromatic heterocycles. The van der Waals surface area contributed by atoms with E-state index in [9.17, 15) is 0 Å². The fourth-order valence-corrected chi connectivity index (χ4v) is 1.86. The summed E-state index contributed by atoms with van der Waals surface area (Å²) in [6.07, 6.45) is 3.71. The summed E-state index contributed by atoms with van der Waals surface area (Å²) in [5, 5.41) is 3.13. The Labute approximate surface area is 107 Å². The van der Waals surface area contributed by atoms with Crippen LogP contribution in [0.2, 0.25) is 0 Å². The molecule has 18 heavy (non-hydrogen) atoms. The molecule has 96 valence electrons. The number of hydrogen-bond donors (Lipinski definition) is 1. The number of imidazole rings is 1. The van der Waals surface area contributed by atoms with Gasteiger partial charge in [0.05, 0.1) is 0 Å². The van der Waals surface area contributed by atoms with Gasteiger partial charge in [0.2, 0.25) is 0 Å². The van der Waals surface area contributed by atoms with Gasteiger partial charge in [0.25, 0.3) is 0 Å². The molecule has 0 fully saturated rings. The number of anilines is 1. The van der Waals surface area contributed by atoms with E-state index < -0.39 is 0 Å². The van der Waals surface area contributed by atoms with Crippen LogP contribution in [-0.2, 0) is 0 Å². The molecule has 0 saturated carbocycles. The number of nitrogens with one attached hydrogen (secondary N) is 1. The molecular formula is C13H19N5. The van der Waals surface area contributed by atoms with Crippen molar-refractivity contribution in [2.24, 2.45) is 0 Å². The summed E-state index contributed by atoms with van der Waals surface area (Å²) in [5.41, 5.74) is 1.03. The van der Waals surface area contributed by atoms with Crippen LogP contribution in [-0.4, -0.2) is 26.6 Å². The molecule has 0 atom stereocenters. The molecule has 2 heterocycles. The Morgan fingerprint density at radius 2 is 1.94 bits per heavy atom. The second-order valence-corrected chi connectivity index (χ2v) is 4.63. The number of nitrogens with zero attached hydrogens (tertiary/aromatic N) is 4. The van der Waals surface area contributed by atoms with Crippen molar-refractivity contribution in [3.8, 4) is 5.82 Å². The van der Waals surface area contributed by atoms with Gasteiger partial charge < -0.3 is 5.32 Å².